The van der Waals surface area contributed by atoms with Gasteiger partial charge in [-0.25, -0.2) is 9.38 Å². The highest BCUT2D eigenvalue weighted by molar-refractivity contribution is 14.0. The second kappa shape index (κ2) is 8.14. The average Bonchev–Trinajstić information content (AvgIpc) is 2.51. The van der Waals surface area contributed by atoms with Gasteiger partial charge in [0.15, 0.2) is 17.5 Å². The third-order valence-electron chi connectivity index (χ3n) is 4.41. The Kier molecular flexibility index (Phi) is 6.46. The molecule has 7 heteroatoms. The van der Waals surface area contributed by atoms with Gasteiger partial charge in [0, 0.05) is 13.1 Å². The zero-order valence-electron chi connectivity index (χ0n) is 13.2. The quantitative estimate of drug-likeness (QED) is 0.450. The van der Waals surface area contributed by atoms with Crippen molar-refractivity contribution in [2.75, 3.05) is 33.4 Å². The van der Waals surface area contributed by atoms with Gasteiger partial charge in [-0.3, -0.25) is 0 Å². The molecule has 1 aromatic rings. The normalized spacial score (nSPS) is 24.6. The van der Waals surface area contributed by atoms with Crippen molar-refractivity contribution in [1.29, 1.82) is 0 Å². The molecule has 0 spiro atoms. The van der Waals surface area contributed by atoms with E-state index < -0.39 is 0 Å². The first-order valence-corrected chi connectivity index (χ1v) is 7.66. The topological polar surface area (TPSA) is 60.1 Å². The van der Waals surface area contributed by atoms with Crippen LogP contribution in [0.2, 0.25) is 0 Å². The highest BCUT2D eigenvalue weighted by atomic mass is 127. The number of aliphatic imine (C=N–C) groups is 1. The first kappa shape index (κ1) is 18.3. The summed E-state index contributed by atoms with van der Waals surface area (Å²) in [6, 6.07) is 5.41. The Morgan fingerprint density at radius 2 is 2.04 bits per heavy atom. The molecule has 0 amide bonds. The van der Waals surface area contributed by atoms with E-state index in [0.717, 1.165) is 31.5 Å². The maximum Gasteiger partial charge on any atom is 0.191 e. The molecular weight excluding hydrogens is 412 g/mol. The largest absolute Gasteiger partial charge is 0.494 e. The zero-order valence-corrected chi connectivity index (χ0v) is 15.5. The summed E-state index contributed by atoms with van der Waals surface area (Å²) in [5.41, 5.74) is 7.06. The van der Waals surface area contributed by atoms with Gasteiger partial charge in [-0.15, -0.1) is 24.0 Å². The van der Waals surface area contributed by atoms with Gasteiger partial charge in [0.05, 0.1) is 26.4 Å². The number of rotatable bonds is 3. The summed E-state index contributed by atoms with van der Waals surface area (Å²) in [7, 11) is 1.47. The van der Waals surface area contributed by atoms with Crippen molar-refractivity contribution in [3.05, 3.63) is 29.6 Å². The van der Waals surface area contributed by atoms with E-state index >= 15 is 0 Å². The Hall–Kier alpha value is -1.09. The fourth-order valence-corrected chi connectivity index (χ4v) is 2.96. The first-order valence-electron chi connectivity index (χ1n) is 7.66. The van der Waals surface area contributed by atoms with Gasteiger partial charge in [0.1, 0.15) is 0 Å². The van der Waals surface area contributed by atoms with Crippen molar-refractivity contribution < 1.29 is 13.9 Å². The first-order chi connectivity index (χ1) is 10.7. The van der Waals surface area contributed by atoms with Gasteiger partial charge in [0.25, 0.3) is 0 Å². The van der Waals surface area contributed by atoms with Crippen LogP contribution < -0.4 is 10.5 Å². The predicted molar refractivity (Wildman–Crippen MR) is 98.1 cm³/mol. The van der Waals surface area contributed by atoms with Crippen molar-refractivity contribution in [1.82, 2.24) is 4.90 Å². The average molecular weight is 435 g/mol. The SMILES string of the molecule is COc1ccc(C2CC(N=C(N)N3CCOCC3)C2)cc1F.I. The number of morpholine rings is 1. The summed E-state index contributed by atoms with van der Waals surface area (Å²) in [5, 5.41) is 0. The van der Waals surface area contributed by atoms with Gasteiger partial charge in [0.2, 0.25) is 0 Å². The van der Waals surface area contributed by atoms with E-state index in [1.165, 1.54) is 7.11 Å². The second-order valence-electron chi connectivity index (χ2n) is 5.80. The standard InChI is InChI=1S/C16H22FN3O2.HI/c1-21-15-3-2-11(10-14(15)17)12-8-13(9-12)19-16(18)20-4-6-22-7-5-20;/h2-3,10,12-13H,4-9H2,1H3,(H2,18,19);1H. The third kappa shape index (κ3) is 4.26. The van der Waals surface area contributed by atoms with Gasteiger partial charge in [-0.2, -0.15) is 0 Å². The molecule has 23 heavy (non-hydrogen) atoms. The number of halogens is 2. The van der Waals surface area contributed by atoms with Crippen molar-refractivity contribution in [3.8, 4) is 5.75 Å². The summed E-state index contributed by atoms with van der Waals surface area (Å²) in [4.78, 5) is 6.64. The molecule has 1 aliphatic heterocycles. The minimum Gasteiger partial charge on any atom is -0.494 e. The fraction of sp³-hybridized carbons (Fsp3) is 0.562. The maximum absolute atomic E-state index is 13.7. The van der Waals surface area contributed by atoms with Crippen molar-refractivity contribution >= 4 is 29.9 Å². The predicted octanol–water partition coefficient (Wildman–Crippen LogP) is 2.35. The molecule has 1 heterocycles. The Bertz CT molecular complexity index is 558. The molecule has 1 saturated heterocycles. The van der Waals surface area contributed by atoms with E-state index in [9.17, 15) is 4.39 Å². The van der Waals surface area contributed by atoms with Crippen molar-refractivity contribution in [2.24, 2.45) is 10.7 Å². The van der Waals surface area contributed by atoms with Crippen LogP contribution in [-0.4, -0.2) is 50.3 Å². The minimum absolute atomic E-state index is 0. The summed E-state index contributed by atoms with van der Waals surface area (Å²) in [6.45, 7) is 3.01. The highest BCUT2D eigenvalue weighted by Crippen LogP contribution is 2.39. The Morgan fingerprint density at radius 1 is 1.35 bits per heavy atom. The van der Waals surface area contributed by atoms with E-state index in [4.69, 9.17) is 15.2 Å². The molecular formula is C16H23FIN3O2. The van der Waals surface area contributed by atoms with E-state index in [0.29, 0.717) is 25.1 Å². The van der Waals surface area contributed by atoms with Crippen LogP contribution in [0.4, 0.5) is 4.39 Å². The number of nitrogens with zero attached hydrogens (tertiary/aromatic N) is 2. The van der Waals surface area contributed by atoms with E-state index in [1.807, 2.05) is 6.07 Å². The molecule has 0 atom stereocenters. The molecule has 128 valence electrons. The van der Waals surface area contributed by atoms with Crippen LogP contribution in [0.5, 0.6) is 5.75 Å². The number of hydrogen-bond acceptors (Lipinski definition) is 3. The van der Waals surface area contributed by atoms with Gasteiger partial charge >= 0.3 is 0 Å². The Labute approximate surface area is 153 Å². The molecule has 0 aromatic heterocycles. The number of hydrogen-bond donors (Lipinski definition) is 1. The lowest BCUT2D eigenvalue weighted by Crippen LogP contribution is -2.46. The minimum atomic E-state index is -0.306. The Morgan fingerprint density at radius 3 is 2.65 bits per heavy atom. The number of ether oxygens (including phenoxy) is 2. The van der Waals surface area contributed by atoms with Crippen LogP contribution >= 0.6 is 24.0 Å². The summed E-state index contributed by atoms with van der Waals surface area (Å²) >= 11 is 0. The number of guanidine groups is 1. The molecule has 2 N–H and O–H groups in total. The molecule has 0 radical (unpaired) electrons. The molecule has 2 fully saturated rings. The molecule has 3 rings (SSSR count). The summed E-state index contributed by atoms with van der Waals surface area (Å²) in [5.74, 6) is 0.938. The monoisotopic (exact) mass is 435 g/mol. The Balaban J connectivity index is 0.00000192. The van der Waals surface area contributed by atoms with Gasteiger partial charge in [-0.1, -0.05) is 6.07 Å². The summed E-state index contributed by atoms with van der Waals surface area (Å²) in [6.07, 6.45) is 1.83. The highest BCUT2D eigenvalue weighted by Gasteiger charge is 2.31. The smallest absolute Gasteiger partial charge is 0.191 e. The lowest BCUT2D eigenvalue weighted by Gasteiger charge is -2.35. The van der Waals surface area contributed by atoms with Crippen LogP contribution in [-0.2, 0) is 4.74 Å². The second-order valence-corrected chi connectivity index (χ2v) is 5.80. The lowest BCUT2D eigenvalue weighted by atomic mass is 9.76. The van der Waals surface area contributed by atoms with E-state index in [2.05, 4.69) is 9.89 Å². The van der Waals surface area contributed by atoms with Crippen LogP contribution in [0.25, 0.3) is 0 Å². The van der Waals surface area contributed by atoms with Gasteiger partial charge < -0.3 is 20.1 Å². The molecule has 1 aromatic carbocycles. The lowest BCUT2D eigenvalue weighted by molar-refractivity contribution is 0.0671. The zero-order chi connectivity index (χ0) is 15.5. The third-order valence-corrected chi connectivity index (χ3v) is 4.41. The number of methoxy groups -OCH3 is 1. The van der Waals surface area contributed by atoms with Crippen LogP contribution in [0.1, 0.15) is 24.3 Å². The molecule has 1 saturated carbocycles. The molecule has 0 unspecified atom stereocenters. The van der Waals surface area contributed by atoms with Gasteiger partial charge in [-0.05, 0) is 36.5 Å². The van der Waals surface area contributed by atoms with Crippen LogP contribution in [0, 0.1) is 5.82 Å². The molecule has 0 bridgehead atoms. The van der Waals surface area contributed by atoms with Crippen LogP contribution in [0.3, 0.4) is 0 Å². The number of nitrogens with two attached hydrogens (primary N) is 1. The molecule has 1 aliphatic carbocycles. The fourth-order valence-electron chi connectivity index (χ4n) is 2.96. The summed E-state index contributed by atoms with van der Waals surface area (Å²) < 4.78 is 24.0. The molecule has 2 aliphatic rings. The number of benzene rings is 1. The van der Waals surface area contributed by atoms with Crippen molar-refractivity contribution in [3.63, 3.8) is 0 Å². The van der Waals surface area contributed by atoms with E-state index in [-0.39, 0.29) is 41.6 Å². The van der Waals surface area contributed by atoms with Crippen LogP contribution in [0.15, 0.2) is 23.2 Å². The maximum atomic E-state index is 13.7. The van der Waals surface area contributed by atoms with Crippen molar-refractivity contribution in [2.45, 2.75) is 24.8 Å². The van der Waals surface area contributed by atoms with E-state index in [1.54, 1.807) is 12.1 Å². The molecule has 5 nitrogen and oxygen atoms in total.